The summed E-state index contributed by atoms with van der Waals surface area (Å²) in [6, 6.07) is 4.18. The van der Waals surface area contributed by atoms with Crippen LogP contribution in [0.15, 0.2) is 46.8 Å². The third-order valence-corrected chi connectivity index (χ3v) is 5.73. The quantitative estimate of drug-likeness (QED) is 0.673. The highest BCUT2D eigenvalue weighted by atomic mass is 32.2. The van der Waals surface area contributed by atoms with E-state index in [-0.39, 0.29) is 12.4 Å². The average molecular weight is 406 g/mol. The standard InChI is InChI=1S/C17H12F6N2OS/c18-11-1-2-12-9(3-11)6-27-8-16(12)7-25-5-10(17(21,22)23)4-13(14(25)24-16)26-15(19)20/h1-5,15H,6-8H2/t16-/m0/s1. The average Bonchev–Trinajstić information content (AvgIpc) is 2.92. The molecular weight excluding hydrogens is 394 g/mol. The van der Waals surface area contributed by atoms with Gasteiger partial charge in [-0.15, -0.1) is 0 Å². The number of hydrogen-bond donors (Lipinski definition) is 0. The molecule has 3 aliphatic heterocycles. The lowest BCUT2D eigenvalue weighted by atomic mass is 9.88. The largest absolute Gasteiger partial charge is 0.431 e. The van der Waals surface area contributed by atoms with Gasteiger partial charge in [0.05, 0.1) is 12.1 Å². The van der Waals surface area contributed by atoms with Crippen molar-refractivity contribution >= 4 is 17.6 Å². The summed E-state index contributed by atoms with van der Waals surface area (Å²) in [5.41, 5.74) is -0.681. The van der Waals surface area contributed by atoms with Crippen molar-refractivity contribution in [2.45, 2.75) is 24.1 Å². The Labute approximate surface area is 154 Å². The zero-order valence-electron chi connectivity index (χ0n) is 13.6. The first-order valence-electron chi connectivity index (χ1n) is 7.87. The number of allylic oxidation sites excluding steroid dienone is 2. The zero-order valence-corrected chi connectivity index (χ0v) is 14.4. The summed E-state index contributed by atoms with van der Waals surface area (Å²) in [6.45, 7) is -3.26. The number of hydrogen-bond acceptors (Lipinski definition) is 4. The molecule has 3 heterocycles. The van der Waals surface area contributed by atoms with E-state index >= 15 is 0 Å². The van der Waals surface area contributed by atoms with Gasteiger partial charge in [-0.2, -0.15) is 33.7 Å². The Balaban J connectivity index is 1.80. The lowest BCUT2D eigenvalue weighted by Crippen LogP contribution is -2.38. The maximum atomic E-state index is 13.6. The van der Waals surface area contributed by atoms with E-state index in [1.165, 1.54) is 28.8 Å². The van der Waals surface area contributed by atoms with Gasteiger partial charge in [-0.3, -0.25) is 4.99 Å². The van der Waals surface area contributed by atoms with Crippen molar-refractivity contribution in [3.8, 4) is 0 Å². The minimum atomic E-state index is -4.72. The van der Waals surface area contributed by atoms with E-state index in [1.54, 1.807) is 6.07 Å². The van der Waals surface area contributed by atoms with E-state index in [0.29, 0.717) is 28.7 Å². The lowest BCUT2D eigenvalue weighted by Gasteiger charge is -2.33. The van der Waals surface area contributed by atoms with Gasteiger partial charge < -0.3 is 9.64 Å². The van der Waals surface area contributed by atoms with Crippen molar-refractivity contribution in [1.29, 1.82) is 0 Å². The molecular formula is C17H12F6N2OS. The van der Waals surface area contributed by atoms with Gasteiger partial charge in [0, 0.05) is 17.7 Å². The van der Waals surface area contributed by atoms with Gasteiger partial charge in [0.25, 0.3) is 0 Å². The molecule has 0 amide bonds. The number of aliphatic imine (C=N–C) groups is 1. The first-order valence-corrected chi connectivity index (χ1v) is 9.02. The molecule has 3 nitrogen and oxygen atoms in total. The zero-order chi connectivity index (χ0) is 19.4. The van der Waals surface area contributed by atoms with Crippen LogP contribution in [0.2, 0.25) is 0 Å². The van der Waals surface area contributed by atoms with Crippen molar-refractivity contribution in [2.24, 2.45) is 4.99 Å². The van der Waals surface area contributed by atoms with Crippen molar-refractivity contribution in [3.05, 3.63) is 58.8 Å². The lowest BCUT2D eigenvalue weighted by molar-refractivity contribution is -0.0981. The molecule has 0 unspecified atom stereocenters. The molecule has 0 aromatic heterocycles. The van der Waals surface area contributed by atoms with Gasteiger partial charge in [-0.25, -0.2) is 4.39 Å². The van der Waals surface area contributed by atoms with Crippen LogP contribution in [0.25, 0.3) is 0 Å². The molecule has 0 radical (unpaired) electrons. The highest BCUT2D eigenvalue weighted by Crippen LogP contribution is 2.45. The van der Waals surface area contributed by atoms with Gasteiger partial charge in [-0.1, -0.05) is 6.07 Å². The molecule has 1 atom stereocenters. The van der Waals surface area contributed by atoms with Crippen LogP contribution in [-0.2, 0) is 16.0 Å². The molecule has 1 aromatic rings. The fourth-order valence-electron chi connectivity index (χ4n) is 3.48. The van der Waals surface area contributed by atoms with Gasteiger partial charge in [-0.05, 0) is 29.3 Å². The van der Waals surface area contributed by atoms with E-state index in [2.05, 4.69) is 9.73 Å². The second kappa shape index (κ2) is 6.22. The normalized spacial score (nSPS) is 24.4. The fourth-order valence-corrected chi connectivity index (χ4v) is 4.69. The van der Waals surface area contributed by atoms with Crippen LogP contribution in [0, 0.1) is 5.82 Å². The third kappa shape index (κ3) is 3.19. The van der Waals surface area contributed by atoms with Crippen LogP contribution in [0.1, 0.15) is 11.1 Å². The van der Waals surface area contributed by atoms with Crippen LogP contribution in [0.3, 0.4) is 0 Å². The number of nitrogens with zero attached hydrogens (tertiary/aromatic N) is 2. The summed E-state index contributed by atoms with van der Waals surface area (Å²) in [6.07, 6.45) is -3.35. The summed E-state index contributed by atoms with van der Waals surface area (Å²) in [5, 5.41) is 0. The van der Waals surface area contributed by atoms with E-state index in [9.17, 15) is 26.3 Å². The third-order valence-electron chi connectivity index (χ3n) is 4.54. The molecule has 0 fully saturated rings. The highest BCUT2D eigenvalue weighted by molar-refractivity contribution is 7.98. The molecule has 3 aliphatic rings. The molecule has 0 saturated heterocycles. The van der Waals surface area contributed by atoms with Gasteiger partial charge >= 0.3 is 12.8 Å². The Hall–Kier alpha value is -2.10. The maximum absolute atomic E-state index is 13.6. The number of alkyl halides is 5. The summed E-state index contributed by atoms with van der Waals surface area (Å²) in [5.74, 6) is -0.157. The van der Waals surface area contributed by atoms with Crippen molar-refractivity contribution in [3.63, 3.8) is 0 Å². The monoisotopic (exact) mass is 406 g/mol. The smallest absolute Gasteiger partial charge is 0.417 e. The Bertz CT molecular complexity index is 879. The number of amidine groups is 1. The molecule has 0 aliphatic carbocycles. The molecule has 1 aromatic carbocycles. The SMILES string of the molecule is Fc1ccc2c(c1)CSC[C@@]21CN2C=C(C(F)(F)F)C=C(OC(F)F)C2=N1. The van der Waals surface area contributed by atoms with Crippen LogP contribution >= 0.6 is 11.8 Å². The molecule has 0 bridgehead atoms. The number of rotatable bonds is 2. The predicted octanol–water partition coefficient (Wildman–Crippen LogP) is 4.56. The number of ether oxygens (including phenoxy) is 1. The molecule has 27 heavy (non-hydrogen) atoms. The summed E-state index contributed by atoms with van der Waals surface area (Å²) < 4.78 is 82.8. The van der Waals surface area contributed by atoms with Crippen LogP contribution in [-0.4, -0.2) is 35.8 Å². The Morgan fingerprint density at radius 3 is 2.74 bits per heavy atom. The molecule has 144 valence electrons. The number of benzene rings is 1. The maximum Gasteiger partial charge on any atom is 0.417 e. The van der Waals surface area contributed by atoms with E-state index in [1.807, 2.05) is 0 Å². The first kappa shape index (κ1) is 18.3. The molecule has 10 heteroatoms. The van der Waals surface area contributed by atoms with E-state index in [4.69, 9.17) is 0 Å². The number of halogens is 6. The van der Waals surface area contributed by atoms with Gasteiger partial charge in [0.15, 0.2) is 11.6 Å². The highest BCUT2D eigenvalue weighted by Gasteiger charge is 2.48. The van der Waals surface area contributed by atoms with E-state index in [0.717, 1.165) is 6.20 Å². The van der Waals surface area contributed by atoms with Gasteiger partial charge in [0.2, 0.25) is 0 Å². The van der Waals surface area contributed by atoms with Crippen molar-refractivity contribution < 1.29 is 31.1 Å². The number of thioether (sulfide) groups is 1. The Morgan fingerprint density at radius 1 is 1.26 bits per heavy atom. The second-order valence-electron chi connectivity index (χ2n) is 6.36. The Kier molecular flexibility index (Phi) is 4.21. The van der Waals surface area contributed by atoms with E-state index < -0.39 is 35.5 Å². The van der Waals surface area contributed by atoms with Gasteiger partial charge in [0.1, 0.15) is 11.4 Å². The second-order valence-corrected chi connectivity index (χ2v) is 7.34. The topological polar surface area (TPSA) is 24.8 Å². The minimum Gasteiger partial charge on any atom is -0.431 e. The molecule has 4 rings (SSSR count). The van der Waals surface area contributed by atoms with Crippen LogP contribution in [0.5, 0.6) is 0 Å². The minimum absolute atomic E-state index is 0.0253. The van der Waals surface area contributed by atoms with Crippen molar-refractivity contribution in [2.75, 3.05) is 12.3 Å². The fraction of sp³-hybridized carbons (Fsp3) is 0.353. The first-order chi connectivity index (χ1) is 12.7. The molecule has 0 N–H and O–H groups in total. The van der Waals surface area contributed by atoms with Crippen molar-refractivity contribution in [1.82, 2.24) is 4.90 Å². The van der Waals surface area contributed by atoms with Crippen LogP contribution < -0.4 is 0 Å². The summed E-state index contributed by atoms with van der Waals surface area (Å²) >= 11 is 1.46. The predicted molar refractivity (Wildman–Crippen MR) is 87.7 cm³/mol. The summed E-state index contributed by atoms with van der Waals surface area (Å²) in [4.78, 5) is 5.66. The molecule has 1 spiro atoms. The molecule has 0 saturated carbocycles. The van der Waals surface area contributed by atoms with Crippen LogP contribution in [0.4, 0.5) is 26.3 Å². The number of fused-ring (bicyclic) bond motifs is 3. The summed E-state index contributed by atoms with van der Waals surface area (Å²) in [7, 11) is 0. The Morgan fingerprint density at radius 2 is 2.04 bits per heavy atom.